The third-order valence-corrected chi connectivity index (χ3v) is 7.31. The van der Waals surface area contributed by atoms with Gasteiger partial charge in [-0.05, 0) is 41.5 Å². The third-order valence-electron chi connectivity index (χ3n) is 7.31. The van der Waals surface area contributed by atoms with Gasteiger partial charge in [0.2, 0.25) is 0 Å². The summed E-state index contributed by atoms with van der Waals surface area (Å²) in [5.41, 5.74) is 4.54. The van der Waals surface area contributed by atoms with E-state index in [0.29, 0.717) is 0 Å². The summed E-state index contributed by atoms with van der Waals surface area (Å²) in [6, 6.07) is 20.6. The van der Waals surface area contributed by atoms with Crippen molar-refractivity contribution in [1.82, 2.24) is 0 Å². The van der Waals surface area contributed by atoms with Crippen LogP contribution in [-0.4, -0.2) is 11.3 Å². The molecule has 0 fully saturated rings. The smallest absolute Gasteiger partial charge is 0.0540 e. The Hall–Kier alpha value is -1.24. The van der Waals surface area contributed by atoms with Crippen LogP contribution in [0.1, 0.15) is 72.1 Å². The summed E-state index contributed by atoms with van der Waals surface area (Å²) in [6.45, 7) is 18.6. The van der Waals surface area contributed by atoms with E-state index in [9.17, 15) is 0 Å². The zero-order valence-corrected chi connectivity index (χ0v) is 20.3. The zero-order chi connectivity index (χ0) is 19.4. The molecule has 2 heteroatoms. The average molecular weight is 539 g/mol. The summed E-state index contributed by atoms with van der Waals surface area (Å²) < 4.78 is 0. The van der Waals surface area contributed by atoms with E-state index in [0.717, 1.165) is 11.3 Å². The molecule has 1 aliphatic heterocycles. The monoisotopic (exact) mass is 539 g/mol. The minimum atomic E-state index is -0.240. The van der Waals surface area contributed by atoms with Crippen LogP contribution in [0.25, 0.3) is 0 Å². The molecule has 2 aromatic carbocycles. The molecule has 0 N–H and O–H groups in total. The molecule has 1 radical (unpaired) electrons. The molecule has 0 saturated heterocycles. The molecule has 2 aromatic rings. The summed E-state index contributed by atoms with van der Waals surface area (Å²) >= 11 is 0. The molecule has 1 aliphatic rings. The summed E-state index contributed by atoms with van der Waals surface area (Å²) in [6.07, 6.45) is 0. The van der Waals surface area contributed by atoms with Crippen molar-refractivity contribution < 1.29 is 20.1 Å². The van der Waals surface area contributed by atoms with Gasteiger partial charge < -0.3 is 4.99 Å². The van der Waals surface area contributed by atoms with E-state index in [1.807, 2.05) is 12.1 Å². The third kappa shape index (κ3) is 3.26. The van der Waals surface area contributed by atoms with E-state index in [4.69, 9.17) is 4.99 Å². The number of hydrogen-bond acceptors (Lipinski definition) is 1. The average Bonchev–Trinajstić information content (AvgIpc) is 2.59. The first-order valence-corrected chi connectivity index (χ1v) is 9.60. The molecule has 0 bridgehead atoms. The fourth-order valence-electron chi connectivity index (χ4n) is 4.03. The van der Waals surface area contributed by atoms with E-state index < -0.39 is 0 Å². The molecular weight excluding hydrogens is 506 g/mol. The van der Waals surface area contributed by atoms with Crippen molar-refractivity contribution in [2.45, 2.75) is 71.8 Å². The number of aliphatic imine (C=N–C) groups is 1. The Balaban J connectivity index is 0.00000261. The molecule has 0 amide bonds. The van der Waals surface area contributed by atoms with E-state index in [-0.39, 0.29) is 41.9 Å². The SMILES string of the molecule is CC1(C)N=C(c2[c-]cccc2)C(C)(C)C(C)(C)c2ccccc2C1(C)C.[Ir]. The first-order valence-electron chi connectivity index (χ1n) is 9.60. The van der Waals surface area contributed by atoms with E-state index in [1.165, 1.54) is 11.1 Å². The van der Waals surface area contributed by atoms with Crippen LogP contribution in [0, 0.1) is 11.5 Å². The largest absolute Gasteiger partial charge is 0.330 e. The summed E-state index contributed by atoms with van der Waals surface area (Å²) in [4.78, 5) is 5.42. The molecule has 3 rings (SSSR count). The van der Waals surface area contributed by atoms with Gasteiger partial charge in [0.05, 0.1) is 5.54 Å². The minimum absolute atomic E-state index is 0. The van der Waals surface area contributed by atoms with Crippen molar-refractivity contribution in [3.8, 4) is 0 Å². The number of fused-ring (bicyclic) bond motifs is 1. The molecule has 1 heterocycles. The van der Waals surface area contributed by atoms with Crippen molar-refractivity contribution in [2.75, 3.05) is 0 Å². The van der Waals surface area contributed by atoms with Crippen molar-refractivity contribution in [1.29, 1.82) is 0 Å². The maximum atomic E-state index is 5.42. The van der Waals surface area contributed by atoms with Crippen LogP contribution in [0.4, 0.5) is 0 Å². The molecule has 147 valence electrons. The minimum Gasteiger partial charge on any atom is -0.330 e. The van der Waals surface area contributed by atoms with Gasteiger partial charge in [0.15, 0.2) is 0 Å². The Morgan fingerprint density at radius 3 is 1.70 bits per heavy atom. The Morgan fingerprint density at radius 2 is 1.19 bits per heavy atom. The molecule has 0 spiro atoms. The topological polar surface area (TPSA) is 12.4 Å². The first kappa shape index (κ1) is 22.1. The van der Waals surface area contributed by atoms with Gasteiger partial charge in [-0.15, -0.1) is 35.9 Å². The van der Waals surface area contributed by atoms with Gasteiger partial charge >= 0.3 is 0 Å². The van der Waals surface area contributed by atoms with Gasteiger partial charge in [0.1, 0.15) is 0 Å². The number of benzene rings is 2. The summed E-state index contributed by atoms with van der Waals surface area (Å²) in [5.74, 6) is 0. The van der Waals surface area contributed by atoms with Crippen LogP contribution < -0.4 is 0 Å². The van der Waals surface area contributed by atoms with E-state index in [2.05, 4.69) is 97.9 Å². The first-order chi connectivity index (χ1) is 11.9. The molecule has 0 unspecified atom stereocenters. The summed E-state index contributed by atoms with van der Waals surface area (Å²) in [5, 5.41) is 0. The van der Waals surface area contributed by atoms with Crippen LogP contribution in [-0.2, 0) is 30.9 Å². The number of nitrogens with zero attached hydrogens (tertiary/aromatic N) is 1. The van der Waals surface area contributed by atoms with E-state index >= 15 is 0 Å². The fraction of sp³-hybridized carbons (Fsp3) is 0.480. The van der Waals surface area contributed by atoms with Crippen molar-refractivity contribution in [3.63, 3.8) is 0 Å². The van der Waals surface area contributed by atoms with Gasteiger partial charge in [0.25, 0.3) is 0 Å². The second-order valence-corrected chi connectivity index (χ2v) is 9.72. The fourth-order valence-corrected chi connectivity index (χ4v) is 4.03. The molecule has 1 nitrogen and oxygen atoms in total. The maximum absolute atomic E-state index is 5.42. The molecule has 0 atom stereocenters. The van der Waals surface area contributed by atoms with Crippen LogP contribution in [0.5, 0.6) is 0 Å². The van der Waals surface area contributed by atoms with Crippen LogP contribution >= 0.6 is 0 Å². The predicted molar refractivity (Wildman–Crippen MR) is 112 cm³/mol. The Morgan fingerprint density at radius 1 is 0.667 bits per heavy atom. The second-order valence-electron chi connectivity index (χ2n) is 9.72. The van der Waals surface area contributed by atoms with Crippen LogP contribution in [0.2, 0.25) is 0 Å². The van der Waals surface area contributed by atoms with Gasteiger partial charge in [0, 0.05) is 25.5 Å². The zero-order valence-electron chi connectivity index (χ0n) is 17.9. The number of rotatable bonds is 1. The molecule has 0 saturated carbocycles. The Bertz CT molecular complexity index is 842. The van der Waals surface area contributed by atoms with Gasteiger partial charge in [-0.2, -0.15) is 0 Å². The Kier molecular flexibility index (Phi) is 5.70. The van der Waals surface area contributed by atoms with Gasteiger partial charge in [-0.25, -0.2) is 0 Å². The molecule has 27 heavy (non-hydrogen) atoms. The van der Waals surface area contributed by atoms with Crippen molar-refractivity contribution >= 4 is 5.71 Å². The molecule has 0 aliphatic carbocycles. The van der Waals surface area contributed by atoms with Gasteiger partial charge in [-0.3, -0.25) is 0 Å². The summed E-state index contributed by atoms with van der Waals surface area (Å²) in [7, 11) is 0. The normalized spacial score (nSPS) is 21.7. The van der Waals surface area contributed by atoms with E-state index in [1.54, 1.807) is 0 Å². The molecular formula is C25H32IrN-. The van der Waals surface area contributed by atoms with Crippen LogP contribution in [0.15, 0.2) is 53.5 Å². The van der Waals surface area contributed by atoms with Crippen LogP contribution in [0.3, 0.4) is 0 Å². The predicted octanol–water partition coefficient (Wildman–Crippen LogP) is 6.35. The molecule has 0 aromatic heterocycles. The van der Waals surface area contributed by atoms with Gasteiger partial charge in [-0.1, -0.05) is 65.8 Å². The van der Waals surface area contributed by atoms with Crippen molar-refractivity contribution in [3.05, 3.63) is 71.3 Å². The standard InChI is InChI=1S/C25H32N.Ir/c1-22(2)19-16-12-13-17-20(19)23(3,4)25(7,8)26-21(24(22,5)6)18-14-10-9-11-15-18;/h9-14,16-17H,1-8H3;/q-1;. The van der Waals surface area contributed by atoms with Crippen molar-refractivity contribution in [2.24, 2.45) is 10.4 Å². The maximum Gasteiger partial charge on any atom is 0.0540 e. The number of hydrogen-bond donors (Lipinski definition) is 0. The quantitative estimate of drug-likeness (QED) is 0.376. The Labute approximate surface area is 179 Å². The second kappa shape index (κ2) is 6.98.